The fraction of sp³-hybridized carbons (Fsp3) is 0.714. The van der Waals surface area contributed by atoms with Gasteiger partial charge in [0.15, 0.2) is 5.82 Å². The maximum absolute atomic E-state index is 5.98. The van der Waals surface area contributed by atoms with E-state index in [4.69, 9.17) is 5.73 Å². The first-order valence-corrected chi connectivity index (χ1v) is 6.94. The van der Waals surface area contributed by atoms with Crippen molar-refractivity contribution in [3.05, 3.63) is 17.6 Å². The van der Waals surface area contributed by atoms with Crippen LogP contribution in [0.25, 0.3) is 0 Å². The molecule has 0 bridgehead atoms. The molecule has 100 valence electrons. The molecule has 18 heavy (non-hydrogen) atoms. The number of anilines is 1. The van der Waals surface area contributed by atoms with Crippen LogP contribution in [0, 0.1) is 13.8 Å². The van der Waals surface area contributed by atoms with Crippen LogP contribution in [-0.4, -0.2) is 28.6 Å². The first-order valence-electron chi connectivity index (χ1n) is 6.94. The smallest absolute Gasteiger partial charge is 0.150 e. The molecule has 4 heteroatoms. The van der Waals surface area contributed by atoms with Crippen molar-refractivity contribution in [3.8, 4) is 0 Å². The topological polar surface area (TPSA) is 55.0 Å². The van der Waals surface area contributed by atoms with E-state index in [0.717, 1.165) is 36.6 Å². The van der Waals surface area contributed by atoms with Crippen molar-refractivity contribution in [3.63, 3.8) is 0 Å². The number of aromatic nitrogens is 2. The summed E-state index contributed by atoms with van der Waals surface area (Å²) in [6, 6.07) is 0.967. The highest BCUT2D eigenvalue weighted by molar-refractivity contribution is 5.44. The van der Waals surface area contributed by atoms with Gasteiger partial charge in [-0.1, -0.05) is 0 Å². The molecular weight excluding hydrogens is 224 g/mol. The predicted octanol–water partition coefficient (Wildman–Crippen LogP) is 2.19. The number of rotatable bonds is 3. The molecule has 0 amide bonds. The van der Waals surface area contributed by atoms with Gasteiger partial charge in [-0.3, -0.25) is 4.98 Å². The van der Waals surface area contributed by atoms with E-state index in [9.17, 15) is 0 Å². The summed E-state index contributed by atoms with van der Waals surface area (Å²) in [6.07, 6.45) is 6.43. The minimum Gasteiger partial charge on any atom is -0.352 e. The molecule has 2 rings (SSSR count). The average Bonchev–Trinajstić information content (AvgIpc) is 2.37. The molecule has 1 saturated carbocycles. The summed E-state index contributed by atoms with van der Waals surface area (Å²) in [5, 5.41) is 0. The number of nitrogens with zero attached hydrogens (tertiary/aromatic N) is 3. The van der Waals surface area contributed by atoms with Crippen LogP contribution < -0.4 is 10.6 Å². The highest BCUT2D eigenvalue weighted by Gasteiger charge is 2.25. The predicted molar refractivity (Wildman–Crippen MR) is 74.8 cm³/mol. The summed E-state index contributed by atoms with van der Waals surface area (Å²) in [7, 11) is 0. The van der Waals surface area contributed by atoms with Gasteiger partial charge in [0.2, 0.25) is 0 Å². The van der Waals surface area contributed by atoms with Gasteiger partial charge in [-0.2, -0.15) is 0 Å². The molecule has 1 heterocycles. The molecule has 4 nitrogen and oxygen atoms in total. The van der Waals surface area contributed by atoms with Gasteiger partial charge in [-0.25, -0.2) is 4.98 Å². The van der Waals surface area contributed by atoms with Gasteiger partial charge < -0.3 is 10.6 Å². The highest BCUT2D eigenvalue weighted by atomic mass is 15.2. The van der Waals surface area contributed by atoms with Crippen LogP contribution in [-0.2, 0) is 0 Å². The molecule has 0 unspecified atom stereocenters. The molecule has 1 fully saturated rings. The van der Waals surface area contributed by atoms with Gasteiger partial charge >= 0.3 is 0 Å². The van der Waals surface area contributed by atoms with Gasteiger partial charge in [0, 0.05) is 24.8 Å². The fourth-order valence-electron chi connectivity index (χ4n) is 2.79. The van der Waals surface area contributed by atoms with Crippen LogP contribution in [0.15, 0.2) is 6.20 Å². The summed E-state index contributed by atoms with van der Waals surface area (Å²) in [5.41, 5.74) is 8.00. The maximum Gasteiger partial charge on any atom is 0.150 e. The Morgan fingerprint density at radius 2 is 1.94 bits per heavy atom. The molecule has 0 aromatic carbocycles. The first-order chi connectivity index (χ1) is 8.61. The SMILES string of the molecule is CCN(c1nc(C)cnc1C)C1CCC(N)CC1. The normalized spacial score (nSPS) is 24.0. The van der Waals surface area contributed by atoms with Crippen molar-refractivity contribution in [2.75, 3.05) is 11.4 Å². The number of hydrogen-bond acceptors (Lipinski definition) is 4. The molecule has 1 aromatic rings. The lowest BCUT2D eigenvalue weighted by Crippen LogP contribution is -2.41. The second-order valence-electron chi connectivity index (χ2n) is 5.28. The van der Waals surface area contributed by atoms with Gasteiger partial charge in [-0.15, -0.1) is 0 Å². The van der Waals surface area contributed by atoms with E-state index in [1.807, 2.05) is 20.0 Å². The lowest BCUT2D eigenvalue weighted by molar-refractivity contribution is 0.376. The second kappa shape index (κ2) is 5.65. The molecule has 0 spiro atoms. The van der Waals surface area contributed by atoms with E-state index < -0.39 is 0 Å². The largest absolute Gasteiger partial charge is 0.352 e. The van der Waals surface area contributed by atoms with Crippen molar-refractivity contribution >= 4 is 5.82 Å². The van der Waals surface area contributed by atoms with Crippen molar-refractivity contribution in [1.29, 1.82) is 0 Å². The quantitative estimate of drug-likeness (QED) is 0.891. The Kier molecular flexibility index (Phi) is 4.17. The Hall–Kier alpha value is -1.16. The third-order valence-corrected chi connectivity index (χ3v) is 3.85. The molecule has 1 aliphatic carbocycles. The molecule has 0 radical (unpaired) electrons. The van der Waals surface area contributed by atoms with Crippen LogP contribution in [0.2, 0.25) is 0 Å². The lowest BCUT2D eigenvalue weighted by Gasteiger charge is -2.36. The number of nitrogens with two attached hydrogens (primary N) is 1. The summed E-state index contributed by atoms with van der Waals surface area (Å²) in [4.78, 5) is 11.5. The zero-order chi connectivity index (χ0) is 13.1. The zero-order valence-corrected chi connectivity index (χ0v) is 11.7. The van der Waals surface area contributed by atoms with E-state index in [1.54, 1.807) is 0 Å². The van der Waals surface area contributed by atoms with Crippen LogP contribution in [0.4, 0.5) is 5.82 Å². The average molecular weight is 248 g/mol. The third-order valence-electron chi connectivity index (χ3n) is 3.85. The monoisotopic (exact) mass is 248 g/mol. The van der Waals surface area contributed by atoms with Crippen LogP contribution in [0.1, 0.15) is 44.0 Å². The Morgan fingerprint density at radius 3 is 2.56 bits per heavy atom. The third kappa shape index (κ3) is 2.80. The van der Waals surface area contributed by atoms with Gasteiger partial charge in [0.05, 0.1) is 11.4 Å². The fourth-order valence-corrected chi connectivity index (χ4v) is 2.79. The first kappa shape index (κ1) is 13.3. The second-order valence-corrected chi connectivity index (χ2v) is 5.28. The van der Waals surface area contributed by atoms with E-state index in [2.05, 4.69) is 21.8 Å². The molecular formula is C14H24N4. The van der Waals surface area contributed by atoms with Crippen LogP contribution >= 0.6 is 0 Å². The molecule has 0 atom stereocenters. The molecule has 0 saturated heterocycles. The molecule has 0 aliphatic heterocycles. The van der Waals surface area contributed by atoms with Crippen molar-refractivity contribution < 1.29 is 0 Å². The number of aryl methyl sites for hydroxylation is 2. The van der Waals surface area contributed by atoms with E-state index in [0.29, 0.717) is 12.1 Å². The Labute approximate surface area is 110 Å². The standard InChI is InChI=1S/C14H24N4/c1-4-18(13-7-5-12(15)6-8-13)14-11(3)16-9-10(2)17-14/h9,12-13H,4-8,15H2,1-3H3. The Balaban J connectivity index is 2.19. The summed E-state index contributed by atoms with van der Waals surface area (Å²) >= 11 is 0. The molecule has 2 N–H and O–H groups in total. The van der Waals surface area contributed by atoms with Crippen molar-refractivity contribution in [1.82, 2.24) is 9.97 Å². The Morgan fingerprint density at radius 1 is 1.28 bits per heavy atom. The summed E-state index contributed by atoms with van der Waals surface area (Å²) in [6.45, 7) is 7.22. The summed E-state index contributed by atoms with van der Waals surface area (Å²) < 4.78 is 0. The highest BCUT2D eigenvalue weighted by Crippen LogP contribution is 2.27. The lowest BCUT2D eigenvalue weighted by atomic mass is 9.90. The number of hydrogen-bond donors (Lipinski definition) is 1. The van der Waals surface area contributed by atoms with Crippen molar-refractivity contribution in [2.24, 2.45) is 5.73 Å². The minimum absolute atomic E-state index is 0.393. The minimum atomic E-state index is 0.393. The van der Waals surface area contributed by atoms with Gasteiger partial charge in [0.1, 0.15) is 0 Å². The summed E-state index contributed by atoms with van der Waals surface area (Å²) in [5.74, 6) is 1.05. The van der Waals surface area contributed by atoms with E-state index in [1.165, 1.54) is 12.8 Å². The molecule has 1 aromatic heterocycles. The van der Waals surface area contributed by atoms with E-state index >= 15 is 0 Å². The van der Waals surface area contributed by atoms with Crippen LogP contribution in [0.3, 0.4) is 0 Å². The molecule has 1 aliphatic rings. The van der Waals surface area contributed by atoms with E-state index in [-0.39, 0.29) is 0 Å². The zero-order valence-electron chi connectivity index (χ0n) is 11.7. The van der Waals surface area contributed by atoms with Crippen molar-refractivity contribution in [2.45, 2.75) is 58.5 Å². The van der Waals surface area contributed by atoms with Gasteiger partial charge in [0.25, 0.3) is 0 Å². The van der Waals surface area contributed by atoms with Gasteiger partial charge in [-0.05, 0) is 46.5 Å². The Bertz CT molecular complexity index is 397. The van der Waals surface area contributed by atoms with Crippen LogP contribution in [0.5, 0.6) is 0 Å². The maximum atomic E-state index is 5.98.